The van der Waals surface area contributed by atoms with Crippen molar-refractivity contribution in [2.45, 2.75) is 25.9 Å². The lowest BCUT2D eigenvalue weighted by molar-refractivity contribution is 0.248. The van der Waals surface area contributed by atoms with Crippen molar-refractivity contribution in [1.82, 2.24) is 4.90 Å². The van der Waals surface area contributed by atoms with Crippen LogP contribution in [0.5, 0.6) is 5.75 Å². The lowest BCUT2D eigenvalue weighted by Gasteiger charge is -2.23. The van der Waals surface area contributed by atoms with E-state index in [1.165, 1.54) is 0 Å². The minimum absolute atomic E-state index is 0.214. The molecule has 0 radical (unpaired) electrons. The molecule has 0 aliphatic carbocycles. The van der Waals surface area contributed by atoms with Crippen molar-refractivity contribution in [1.29, 1.82) is 5.26 Å². The first-order chi connectivity index (χ1) is 8.08. The van der Waals surface area contributed by atoms with E-state index in [4.69, 9.17) is 15.7 Å². The van der Waals surface area contributed by atoms with E-state index in [-0.39, 0.29) is 6.04 Å². The predicted octanol–water partition coefficient (Wildman–Crippen LogP) is 2.01. The third-order valence-electron chi connectivity index (χ3n) is 2.86. The van der Waals surface area contributed by atoms with Crippen LogP contribution in [-0.4, -0.2) is 25.1 Å². The molecular weight excluding hydrogens is 214 g/mol. The Morgan fingerprint density at radius 1 is 1.53 bits per heavy atom. The second kappa shape index (κ2) is 6.12. The number of rotatable bonds is 5. The number of benzene rings is 1. The van der Waals surface area contributed by atoms with Gasteiger partial charge < -0.3 is 10.5 Å². The van der Waals surface area contributed by atoms with E-state index in [1.54, 1.807) is 7.11 Å². The Labute approximate surface area is 103 Å². The first-order valence-corrected chi connectivity index (χ1v) is 5.58. The number of hydrogen-bond donors (Lipinski definition) is 1. The molecule has 1 rings (SSSR count). The predicted molar refractivity (Wildman–Crippen MR) is 68.6 cm³/mol. The third-order valence-corrected chi connectivity index (χ3v) is 2.86. The summed E-state index contributed by atoms with van der Waals surface area (Å²) in [6, 6.07) is 7.99. The van der Waals surface area contributed by atoms with Gasteiger partial charge in [-0.2, -0.15) is 5.26 Å². The molecule has 2 N–H and O–H groups in total. The lowest BCUT2D eigenvalue weighted by atomic mass is 10.1. The number of ether oxygens (including phenoxy) is 1. The van der Waals surface area contributed by atoms with Crippen LogP contribution in [-0.2, 0) is 6.54 Å². The van der Waals surface area contributed by atoms with Gasteiger partial charge in [0.15, 0.2) is 0 Å². The normalized spacial score (nSPS) is 12.2. The molecule has 4 nitrogen and oxygen atoms in total. The van der Waals surface area contributed by atoms with Gasteiger partial charge in [0.25, 0.3) is 0 Å². The van der Waals surface area contributed by atoms with Crippen molar-refractivity contribution in [3.05, 3.63) is 23.8 Å². The smallest absolute Gasteiger partial charge is 0.123 e. The second-order valence-electron chi connectivity index (χ2n) is 4.20. The summed E-state index contributed by atoms with van der Waals surface area (Å²) in [7, 11) is 3.64. The molecule has 92 valence electrons. The maximum Gasteiger partial charge on any atom is 0.123 e. The van der Waals surface area contributed by atoms with Crippen molar-refractivity contribution in [2.75, 3.05) is 19.9 Å². The van der Waals surface area contributed by atoms with Gasteiger partial charge in [0.05, 0.1) is 19.6 Å². The van der Waals surface area contributed by atoms with Crippen LogP contribution in [0.4, 0.5) is 5.69 Å². The van der Waals surface area contributed by atoms with E-state index in [0.717, 1.165) is 23.5 Å². The van der Waals surface area contributed by atoms with Crippen LogP contribution >= 0.6 is 0 Å². The highest BCUT2D eigenvalue weighted by Gasteiger charge is 2.12. The topological polar surface area (TPSA) is 62.3 Å². The molecule has 0 amide bonds. The van der Waals surface area contributed by atoms with Crippen molar-refractivity contribution in [2.24, 2.45) is 0 Å². The fourth-order valence-electron chi connectivity index (χ4n) is 1.63. The average Bonchev–Trinajstić information content (AvgIpc) is 2.29. The van der Waals surface area contributed by atoms with Crippen molar-refractivity contribution in [3.8, 4) is 11.8 Å². The Morgan fingerprint density at radius 3 is 2.82 bits per heavy atom. The quantitative estimate of drug-likeness (QED) is 0.790. The molecule has 4 heteroatoms. The molecule has 0 aliphatic heterocycles. The fourth-order valence-corrected chi connectivity index (χ4v) is 1.63. The van der Waals surface area contributed by atoms with Crippen molar-refractivity contribution in [3.63, 3.8) is 0 Å². The minimum atomic E-state index is 0.214. The van der Waals surface area contributed by atoms with Gasteiger partial charge in [0.1, 0.15) is 5.75 Å². The van der Waals surface area contributed by atoms with Gasteiger partial charge in [0.2, 0.25) is 0 Å². The Morgan fingerprint density at radius 2 is 2.24 bits per heavy atom. The summed E-state index contributed by atoms with van der Waals surface area (Å²) in [6.07, 6.45) is 0.515. The largest absolute Gasteiger partial charge is 0.496 e. The zero-order valence-corrected chi connectivity index (χ0v) is 10.6. The van der Waals surface area contributed by atoms with Crippen molar-refractivity contribution >= 4 is 5.69 Å². The van der Waals surface area contributed by atoms with Crippen LogP contribution in [0.1, 0.15) is 18.9 Å². The number of nitriles is 1. The standard InChI is InChI=1S/C13H19N3O/c1-10(6-7-14)16(2)9-11-8-12(15)4-5-13(11)17-3/h4-5,8,10H,6,9,15H2,1-3H3. The van der Waals surface area contributed by atoms with E-state index in [0.29, 0.717) is 6.42 Å². The maximum absolute atomic E-state index is 8.68. The first-order valence-electron chi connectivity index (χ1n) is 5.58. The monoisotopic (exact) mass is 233 g/mol. The van der Waals surface area contributed by atoms with Crippen LogP contribution in [0.15, 0.2) is 18.2 Å². The number of anilines is 1. The first kappa shape index (κ1) is 13.3. The molecule has 0 spiro atoms. The number of methoxy groups -OCH3 is 1. The summed E-state index contributed by atoms with van der Waals surface area (Å²) in [6.45, 7) is 2.75. The Balaban J connectivity index is 2.80. The minimum Gasteiger partial charge on any atom is -0.496 e. The number of nitrogens with zero attached hydrogens (tertiary/aromatic N) is 2. The van der Waals surface area contributed by atoms with Gasteiger partial charge in [-0.1, -0.05) is 0 Å². The molecule has 1 unspecified atom stereocenters. The van der Waals surface area contributed by atoms with E-state index in [1.807, 2.05) is 32.2 Å². The fraction of sp³-hybridized carbons (Fsp3) is 0.462. The molecule has 1 aromatic carbocycles. The van der Waals surface area contributed by atoms with E-state index in [9.17, 15) is 0 Å². The van der Waals surface area contributed by atoms with Crippen LogP contribution in [0.2, 0.25) is 0 Å². The van der Waals surface area contributed by atoms with E-state index in [2.05, 4.69) is 11.0 Å². The van der Waals surface area contributed by atoms with Crippen LogP contribution in [0.25, 0.3) is 0 Å². The van der Waals surface area contributed by atoms with Crippen LogP contribution in [0, 0.1) is 11.3 Å². The second-order valence-corrected chi connectivity index (χ2v) is 4.20. The zero-order valence-electron chi connectivity index (χ0n) is 10.6. The maximum atomic E-state index is 8.68. The average molecular weight is 233 g/mol. The molecule has 17 heavy (non-hydrogen) atoms. The number of nitrogen functional groups attached to an aromatic ring is 1. The molecule has 0 bridgehead atoms. The molecular formula is C13H19N3O. The Hall–Kier alpha value is -1.73. The molecule has 0 saturated heterocycles. The summed E-state index contributed by atoms with van der Waals surface area (Å²) in [5.74, 6) is 0.829. The molecule has 0 heterocycles. The molecule has 1 aromatic rings. The number of hydrogen-bond acceptors (Lipinski definition) is 4. The van der Waals surface area contributed by atoms with Gasteiger partial charge in [-0.25, -0.2) is 0 Å². The lowest BCUT2D eigenvalue weighted by Crippen LogP contribution is -2.28. The van der Waals surface area contributed by atoms with Crippen molar-refractivity contribution < 1.29 is 4.74 Å². The summed E-state index contributed by atoms with van der Waals surface area (Å²) in [5, 5.41) is 8.68. The highest BCUT2D eigenvalue weighted by Crippen LogP contribution is 2.23. The van der Waals surface area contributed by atoms with E-state index < -0.39 is 0 Å². The van der Waals surface area contributed by atoms with Gasteiger partial charge >= 0.3 is 0 Å². The van der Waals surface area contributed by atoms with Gasteiger partial charge in [-0.3, -0.25) is 4.90 Å². The summed E-state index contributed by atoms with van der Waals surface area (Å²) >= 11 is 0. The number of nitrogens with two attached hydrogens (primary N) is 1. The molecule has 0 saturated carbocycles. The summed E-state index contributed by atoms with van der Waals surface area (Å²) in [5.41, 5.74) is 7.53. The molecule has 0 fully saturated rings. The third kappa shape index (κ3) is 3.65. The summed E-state index contributed by atoms with van der Waals surface area (Å²) in [4.78, 5) is 2.11. The van der Waals surface area contributed by atoms with Gasteiger partial charge in [-0.05, 0) is 32.2 Å². The molecule has 1 atom stereocenters. The molecule has 0 aliphatic rings. The van der Waals surface area contributed by atoms with Crippen LogP contribution < -0.4 is 10.5 Å². The highest BCUT2D eigenvalue weighted by molar-refractivity contribution is 5.47. The Bertz CT molecular complexity index is 412. The van der Waals surface area contributed by atoms with Crippen LogP contribution in [0.3, 0.4) is 0 Å². The van der Waals surface area contributed by atoms with Gasteiger partial charge in [0, 0.05) is 23.8 Å². The summed E-state index contributed by atoms with van der Waals surface area (Å²) < 4.78 is 5.29. The zero-order chi connectivity index (χ0) is 12.8. The van der Waals surface area contributed by atoms with Gasteiger partial charge in [-0.15, -0.1) is 0 Å². The molecule has 0 aromatic heterocycles. The van der Waals surface area contributed by atoms with E-state index >= 15 is 0 Å². The highest BCUT2D eigenvalue weighted by atomic mass is 16.5. The SMILES string of the molecule is COc1ccc(N)cc1CN(C)C(C)CC#N. The Kier molecular flexibility index (Phi) is 4.80.